The van der Waals surface area contributed by atoms with Crippen molar-refractivity contribution in [1.29, 1.82) is 0 Å². The molecular formula is C16H16ClN3S. The smallest absolute Gasteiger partial charge is 0.125 e. The number of nitrogens with two attached hydrogens (primary N) is 1. The Morgan fingerprint density at radius 3 is 2.67 bits per heavy atom. The van der Waals surface area contributed by atoms with E-state index >= 15 is 0 Å². The summed E-state index contributed by atoms with van der Waals surface area (Å²) in [5.41, 5.74) is 8.92. The number of aryl methyl sites for hydroxylation is 2. The van der Waals surface area contributed by atoms with Gasteiger partial charge in [0.2, 0.25) is 0 Å². The van der Waals surface area contributed by atoms with Crippen LogP contribution in [0, 0.1) is 0 Å². The molecule has 5 heteroatoms. The number of thiophene rings is 1. The molecule has 0 aliphatic heterocycles. The fourth-order valence-corrected chi connectivity index (χ4v) is 3.32. The number of hydrogen-bond acceptors (Lipinski definition) is 3. The van der Waals surface area contributed by atoms with Gasteiger partial charge in [0.05, 0.1) is 14.9 Å². The first kappa shape index (κ1) is 14.2. The molecule has 0 unspecified atom stereocenters. The maximum absolute atomic E-state index is 6.05. The molecule has 0 fully saturated rings. The van der Waals surface area contributed by atoms with Crippen molar-refractivity contribution in [3.8, 4) is 10.6 Å². The molecule has 0 radical (unpaired) electrons. The number of nitrogen functional groups attached to an aromatic ring is 1. The molecule has 0 spiro atoms. The van der Waals surface area contributed by atoms with Crippen LogP contribution in [0.1, 0.15) is 12.0 Å². The van der Waals surface area contributed by atoms with Crippen molar-refractivity contribution >= 4 is 28.6 Å². The second kappa shape index (κ2) is 6.33. The SMILES string of the molecule is Nc1cn(CCCc2ccccc2)nc1-c1ccc(Cl)s1. The molecule has 3 aromatic rings. The summed E-state index contributed by atoms with van der Waals surface area (Å²) in [6.07, 6.45) is 3.98. The van der Waals surface area contributed by atoms with Gasteiger partial charge in [-0.1, -0.05) is 41.9 Å². The first-order chi connectivity index (χ1) is 10.2. The van der Waals surface area contributed by atoms with Gasteiger partial charge >= 0.3 is 0 Å². The van der Waals surface area contributed by atoms with Crippen LogP contribution in [0.3, 0.4) is 0 Å². The normalized spacial score (nSPS) is 10.9. The summed E-state index contributed by atoms with van der Waals surface area (Å²) in [5.74, 6) is 0. The van der Waals surface area contributed by atoms with Crippen LogP contribution in [0.25, 0.3) is 10.6 Å². The summed E-state index contributed by atoms with van der Waals surface area (Å²) >= 11 is 7.46. The number of hydrogen-bond donors (Lipinski definition) is 1. The van der Waals surface area contributed by atoms with Crippen LogP contribution >= 0.6 is 22.9 Å². The van der Waals surface area contributed by atoms with Crippen molar-refractivity contribution in [1.82, 2.24) is 9.78 Å². The van der Waals surface area contributed by atoms with Crippen molar-refractivity contribution in [2.45, 2.75) is 19.4 Å². The molecule has 0 atom stereocenters. The van der Waals surface area contributed by atoms with Crippen LogP contribution in [-0.2, 0) is 13.0 Å². The van der Waals surface area contributed by atoms with Crippen LogP contribution < -0.4 is 5.73 Å². The highest BCUT2D eigenvalue weighted by molar-refractivity contribution is 7.19. The Kier molecular flexibility index (Phi) is 4.27. The molecule has 0 bridgehead atoms. The minimum absolute atomic E-state index is 0.702. The zero-order valence-corrected chi connectivity index (χ0v) is 13.1. The summed E-state index contributed by atoms with van der Waals surface area (Å²) in [6.45, 7) is 0.859. The molecule has 2 aromatic heterocycles. The predicted molar refractivity (Wildman–Crippen MR) is 89.7 cm³/mol. The van der Waals surface area contributed by atoms with Crippen molar-refractivity contribution in [3.05, 3.63) is 58.6 Å². The zero-order chi connectivity index (χ0) is 14.7. The summed E-state index contributed by atoms with van der Waals surface area (Å²) in [6, 6.07) is 14.3. The Balaban J connectivity index is 1.64. The molecule has 1 aromatic carbocycles. The summed E-state index contributed by atoms with van der Waals surface area (Å²) < 4.78 is 2.67. The highest BCUT2D eigenvalue weighted by Gasteiger charge is 2.10. The first-order valence-electron chi connectivity index (χ1n) is 6.85. The Labute approximate surface area is 133 Å². The lowest BCUT2D eigenvalue weighted by Gasteiger charge is -2.02. The number of benzene rings is 1. The fourth-order valence-electron chi connectivity index (χ4n) is 2.27. The van der Waals surface area contributed by atoms with Gasteiger partial charge in [0.15, 0.2) is 0 Å². The molecule has 3 rings (SSSR count). The predicted octanol–water partition coefficient (Wildman–Crippen LogP) is 4.48. The molecule has 0 saturated carbocycles. The maximum atomic E-state index is 6.05. The fraction of sp³-hybridized carbons (Fsp3) is 0.188. The molecule has 0 saturated heterocycles. The number of rotatable bonds is 5. The van der Waals surface area contributed by atoms with Crippen LogP contribution in [-0.4, -0.2) is 9.78 Å². The quantitative estimate of drug-likeness (QED) is 0.754. The minimum Gasteiger partial charge on any atom is -0.396 e. The van der Waals surface area contributed by atoms with E-state index in [0.29, 0.717) is 5.69 Å². The van der Waals surface area contributed by atoms with E-state index in [9.17, 15) is 0 Å². The van der Waals surface area contributed by atoms with E-state index in [0.717, 1.165) is 34.3 Å². The monoisotopic (exact) mass is 317 g/mol. The lowest BCUT2D eigenvalue weighted by molar-refractivity contribution is 0.580. The average Bonchev–Trinajstić information content (AvgIpc) is 3.06. The first-order valence-corrected chi connectivity index (χ1v) is 8.04. The van der Waals surface area contributed by atoms with E-state index in [-0.39, 0.29) is 0 Å². The molecule has 2 N–H and O–H groups in total. The molecule has 0 amide bonds. The largest absolute Gasteiger partial charge is 0.396 e. The molecular weight excluding hydrogens is 302 g/mol. The summed E-state index contributed by atoms with van der Waals surface area (Å²) in [5, 5.41) is 4.57. The maximum Gasteiger partial charge on any atom is 0.125 e. The Morgan fingerprint density at radius 2 is 1.95 bits per heavy atom. The number of nitrogens with zero attached hydrogens (tertiary/aromatic N) is 2. The van der Waals surface area contributed by atoms with Gasteiger partial charge in [0, 0.05) is 12.7 Å². The van der Waals surface area contributed by atoms with Crippen LogP contribution in [0.5, 0.6) is 0 Å². The van der Waals surface area contributed by atoms with Crippen LogP contribution in [0.15, 0.2) is 48.7 Å². The van der Waals surface area contributed by atoms with Crippen molar-refractivity contribution in [2.75, 3.05) is 5.73 Å². The third-order valence-electron chi connectivity index (χ3n) is 3.29. The lowest BCUT2D eigenvalue weighted by atomic mass is 10.1. The number of aromatic nitrogens is 2. The van der Waals surface area contributed by atoms with E-state index in [1.807, 2.05) is 29.1 Å². The average molecular weight is 318 g/mol. The molecule has 0 aliphatic rings. The number of anilines is 1. The van der Waals surface area contributed by atoms with Gasteiger partial charge in [0.1, 0.15) is 5.69 Å². The summed E-state index contributed by atoms with van der Waals surface area (Å²) in [4.78, 5) is 1.01. The second-order valence-corrected chi connectivity index (χ2v) is 6.60. The van der Waals surface area contributed by atoms with E-state index in [1.165, 1.54) is 16.9 Å². The van der Waals surface area contributed by atoms with Gasteiger partial charge in [-0.3, -0.25) is 4.68 Å². The van der Waals surface area contributed by atoms with Crippen molar-refractivity contribution in [3.63, 3.8) is 0 Å². The van der Waals surface area contributed by atoms with Crippen LogP contribution in [0.4, 0.5) is 5.69 Å². The Bertz CT molecular complexity index is 718. The van der Waals surface area contributed by atoms with E-state index in [4.69, 9.17) is 17.3 Å². The second-order valence-electron chi connectivity index (χ2n) is 4.89. The van der Waals surface area contributed by atoms with Gasteiger partial charge < -0.3 is 5.73 Å². The van der Waals surface area contributed by atoms with Gasteiger partial charge in [0.25, 0.3) is 0 Å². The molecule has 2 heterocycles. The topological polar surface area (TPSA) is 43.8 Å². The van der Waals surface area contributed by atoms with Gasteiger partial charge in [-0.05, 0) is 30.5 Å². The highest BCUT2D eigenvalue weighted by atomic mass is 35.5. The van der Waals surface area contributed by atoms with Gasteiger partial charge in [-0.15, -0.1) is 11.3 Å². The third kappa shape index (κ3) is 3.46. The minimum atomic E-state index is 0.702. The molecule has 3 nitrogen and oxygen atoms in total. The highest BCUT2D eigenvalue weighted by Crippen LogP contribution is 2.33. The van der Waals surface area contributed by atoms with Gasteiger partial charge in [-0.2, -0.15) is 5.10 Å². The van der Waals surface area contributed by atoms with Crippen LogP contribution in [0.2, 0.25) is 4.34 Å². The Hall–Kier alpha value is -1.78. The molecule has 108 valence electrons. The third-order valence-corrected chi connectivity index (χ3v) is 4.53. The standard InChI is InChI=1S/C16H16ClN3S/c17-15-9-8-14(21-15)16-13(18)11-20(19-16)10-4-7-12-5-2-1-3-6-12/h1-3,5-6,8-9,11H,4,7,10,18H2. The molecule has 21 heavy (non-hydrogen) atoms. The molecule has 0 aliphatic carbocycles. The lowest BCUT2D eigenvalue weighted by Crippen LogP contribution is -2.00. The van der Waals surface area contributed by atoms with E-state index in [2.05, 4.69) is 29.4 Å². The van der Waals surface area contributed by atoms with E-state index in [1.54, 1.807) is 0 Å². The number of halogens is 1. The van der Waals surface area contributed by atoms with Gasteiger partial charge in [-0.25, -0.2) is 0 Å². The summed E-state index contributed by atoms with van der Waals surface area (Å²) in [7, 11) is 0. The van der Waals surface area contributed by atoms with E-state index < -0.39 is 0 Å². The Morgan fingerprint density at radius 1 is 1.14 bits per heavy atom. The van der Waals surface area contributed by atoms with Crippen molar-refractivity contribution < 1.29 is 0 Å². The zero-order valence-electron chi connectivity index (χ0n) is 11.5. The van der Waals surface area contributed by atoms with Crippen molar-refractivity contribution in [2.24, 2.45) is 0 Å².